The molecule has 3 aromatic rings. The van der Waals surface area contributed by atoms with Crippen LogP contribution >= 0.6 is 0 Å². The van der Waals surface area contributed by atoms with Gasteiger partial charge in [-0.3, -0.25) is 0 Å². The molecule has 0 aliphatic carbocycles. The van der Waals surface area contributed by atoms with Crippen LogP contribution < -0.4 is 20.3 Å². The van der Waals surface area contributed by atoms with E-state index in [2.05, 4.69) is 15.6 Å². The highest BCUT2D eigenvalue weighted by Crippen LogP contribution is 2.25. The molecular weight excluding hydrogens is 369 g/mol. The van der Waals surface area contributed by atoms with Gasteiger partial charge in [-0.1, -0.05) is 42.5 Å². The number of anilines is 1. The number of para-hydroxylation sites is 1. The summed E-state index contributed by atoms with van der Waals surface area (Å²) in [4.78, 5) is 0. The number of hydrogen-bond donors (Lipinski definition) is 2. The maximum Gasteiger partial charge on any atom is 0.573 e. The minimum Gasteiger partial charge on any atom is -0.489 e. The van der Waals surface area contributed by atoms with E-state index >= 15 is 0 Å². The number of ether oxygens (including phenoxy) is 2. The molecule has 2 N–H and O–H groups in total. The van der Waals surface area contributed by atoms with Crippen molar-refractivity contribution in [2.45, 2.75) is 19.5 Å². The molecule has 0 saturated heterocycles. The van der Waals surface area contributed by atoms with E-state index in [1.807, 2.05) is 54.6 Å². The second-order valence-corrected chi connectivity index (χ2v) is 5.92. The lowest BCUT2D eigenvalue weighted by Crippen LogP contribution is -2.21. The summed E-state index contributed by atoms with van der Waals surface area (Å²) < 4.78 is 46.2. The van der Waals surface area contributed by atoms with Crippen molar-refractivity contribution < 1.29 is 22.6 Å². The second kappa shape index (κ2) is 9.14. The molecule has 0 aliphatic rings. The molecule has 0 atom stereocenters. The summed E-state index contributed by atoms with van der Waals surface area (Å²) in [7, 11) is 0. The van der Waals surface area contributed by atoms with Crippen molar-refractivity contribution in [2.24, 2.45) is 0 Å². The predicted molar refractivity (Wildman–Crippen MR) is 101 cm³/mol. The molecule has 146 valence electrons. The highest BCUT2D eigenvalue weighted by Gasteiger charge is 2.30. The molecule has 0 aliphatic heterocycles. The average molecular weight is 388 g/mol. The number of rotatable bonds is 8. The third-order valence-corrected chi connectivity index (χ3v) is 3.86. The van der Waals surface area contributed by atoms with E-state index in [1.165, 1.54) is 24.3 Å². The van der Waals surface area contributed by atoms with E-state index in [1.54, 1.807) is 0 Å². The Morgan fingerprint density at radius 1 is 0.714 bits per heavy atom. The van der Waals surface area contributed by atoms with Gasteiger partial charge >= 0.3 is 6.36 Å². The number of alkyl halides is 3. The zero-order chi connectivity index (χ0) is 19.8. The molecule has 7 heteroatoms. The third-order valence-electron chi connectivity index (χ3n) is 3.86. The Morgan fingerprint density at radius 2 is 1.32 bits per heavy atom. The van der Waals surface area contributed by atoms with Crippen LogP contribution in [-0.2, 0) is 13.2 Å². The lowest BCUT2D eigenvalue weighted by atomic mass is 10.1. The van der Waals surface area contributed by atoms with Crippen LogP contribution in [0.5, 0.6) is 11.5 Å². The Balaban J connectivity index is 1.54. The van der Waals surface area contributed by atoms with Crippen molar-refractivity contribution in [2.75, 3.05) is 5.43 Å². The van der Waals surface area contributed by atoms with Crippen molar-refractivity contribution in [3.63, 3.8) is 0 Å². The molecule has 0 saturated carbocycles. The summed E-state index contributed by atoms with van der Waals surface area (Å²) in [5.74, 6) is 0.177. The quantitative estimate of drug-likeness (QED) is 0.515. The van der Waals surface area contributed by atoms with Crippen LogP contribution in [0.1, 0.15) is 11.1 Å². The fourth-order valence-electron chi connectivity index (χ4n) is 2.53. The Bertz CT molecular complexity index is 869. The van der Waals surface area contributed by atoms with Crippen LogP contribution in [-0.4, -0.2) is 6.36 Å². The van der Waals surface area contributed by atoms with Gasteiger partial charge < -0.3 is 14.9 Å². The first kappa shape index (κ1) is 19.6. The smallest absolute Gasteiger partial charge is 0.489 e. The van der Waals surface area contributed by atoms with Gasteiger partial charge in [0.1, 0.15) is 18.1 Å². The lowest BCUT2D eigenvalue weighted by Gasteiger charge is -2.14. The molecule has 0 amide bonds. The van der Waals surface area contributed by atoms with E-state index < -0.39 is 6.36 Å². The first-order chi connectivity index (χ1) is 13.5. The minimum atomic E-state index is -4.71. The maximum atomic E-state index is 12.2. The van der Waals surface area contributed by atoms with Crippen LogP contribution in [0.25, 0.3) is 0 Å². The number of benzene rings is 3. The molecule has 0 heterocycles. The summed E-state index contributed by atoms with van der Waals surface area (Å²) in [6, 6.07) is 22.8. The van der Waals surface area contributed by atoms with Crippen LogP contribution in [0, 0.1) is 0 Å². The first-order valence-corrected chi connectivity index (χ1v) is 8.59. The Hall–Kier alpha value is -3.19. The van der Waals surface area contributed by atoms with E-state index in [0.29, 0.717) is 18.9 Å². The van der Waals surface area contributed by atoms with Gasteiger partial charge in [0, 0.05) is 12.2 Å². The van der Waals surface area contributed by atoms with Crippen LogP contribution in [0.4, 0.5) is 18.9 Å². The normalized spacial score (nSPS) is 11.1. The van der Waals surface area contributed by atoms with Crippen LogP contribution in [0.15, 0.2) is 78.9 Å². The van der Waals surface area contributed by atoms with Gasteiger partial charge in [-0.05, 0) is 47.5 Å². The Kier molecular flexibility index (Phi) is 6.39. The third kappa shape index (κ3) is 6.21. The molecule has 0 aromatic heterocycles. The Labute approximate surface area is 160 Å². The average Bonchev–Trinajstić information content (AvgIpc) is 2.68. The molecule has 0 radical (unpaired) electrons. The van der Waals surface area contributed by atoms with E-state index in [9.17, 15) is 13.2 Å². The molecular formula is C21H19F3N2O2. The molecule has 0 bridgehead atoms. The number of hydrazine groups is 1. The topological polar surface area (TPSA) is 42.5 Å². The molecule has 0 unspecified atom stereocenters. The summed E-state index contributed by atoms with van der Waals surface area (Å²) >= 11 is 0. The van der Waals surface area contributed by atoms with Crippen LogP contribution in [0.3, 0.4) is 0 Å². The highest BCUT2D eigenvalue weighted by molar-refractivity contribution is 5.41. The molecule has 3 rings (SSSR count). The fourth-order valence-corrected chi connectivity index (χ4v) is 2.53. The zero-order valence-corrected chi connectivity index (χ0v) is 14.9. The zero-order valence-electron chi connectivity index (χ0n) is 14.9. The number of hydrogen-bond acceptors (Lipinski definition) is 4. The van der Waals surface area contributed by atoms with Gasteiger partial charge in [-0.15, -0.1) is 13.2 Å². The summed E-state index contributed by atoms with van der Waals surface area (Å²) in [5, 5.41) is 0. The van der Waals surface area contributed by atoms with E-state index in [0.717, 1.165) is 16.8 Å². The molecule has 0 spiro atoms. The summed E-state index contributed by atoms with van der Waals surface area (Å²) in [5.41, 5.74) is 9.25. The minimum absolute atomic E-state index is 0.281. The summed E-state index contributed by atoms with van der Waals surface area (Å²) in [6.45, 7) is 0.870. The van der Waals surface area contributed by atoms with Crippen molar-refractivity contribution in [1.82, 2.24) is 5.43 Å². The van der Waals surface area contributed by atoms with Gasteiger partial charge in [0.05, 0.1) is 0 Å². The number of nitrogens with one attached hydrogen (secondary N) is 2. The van der Waals surface area contributed by atoms with Gasteiger partial charge in [-0.2, -0.15) is 0 Å². The first-order valence-electron chi connectivity index (χ1n) is 8.59. The molecule has 3 aromatic carbocycles. The van der Waals surface area contributed by atoms with Gasteiger partial charge in [0.2, 0.25) is 0 Å². The standard InChI is InChI=1S/C21H19F3N2O2/c22-21(23,24)28-20-12-10-19(11-13-20)27-15-17-7-5-4-6-16(17)14-25-26-18-8-2-1-3-9-18/h1-13,25-26H,14-15H2. The predicted octanol–water partition coefficient (Wildman–Crippen LogP) is 5.28. The van der Waals surface area contributed by atoms with E-state index in [-0.39, 0.29) is 5.75 Å². The second-order valence-electron chi connectivity index (χ2n) is 5.92. The molecule has 0 fully saturated rings. The van der Waals surface area contributed by atoms with Crippen molar-refractivity contribution in [3.05, 3.63) is 90.0 Å². The van der Waals surface area contributed by atoms with E-state index in [4.69, 9.17) is 4.74 Å². The molecule has 28 heavy (non-hydrogen) atoms. The fraction of sp³-hybridized carbons (Fsp3) is 0.143. The SMILES string of the molecule is FC(F)(F)Oc1ccc(OCc2ccccc2CNNc2ccccc2)cc1. The maximum absolute atomic E-state index is 12.2. The van der Waals surface area contributed by atoms with Crippen LogP contribution in [0.2, 0.25) is 0 Å². The monoisotopic (exact) mass is 388 g/mol. The Morgan fingerprint density at radius 3 is 2.00 bits per heavy atom. The van der Waals surface area contributed by atoms with Gasteiger partial charge in [0.15, 0.2) is 0 Å². The van der Waals surface area contributed by atoms with Gasteiger partial charge in [-0.25, -0.2) is 5.43 Å². The largest absolute Gasteiger partial charge is 0.573 e. The lowest BCUT2D eigenvalue weighted by molar-refractivity contribution is -0.274. The van der Waals surface area contributed by atoms with Crippen molar-refractivity contribution in [1.29, 1.82) is 0 Å². The summed E-state index contributed by atoms with van der Waals surface area (Å²) in [6.07, 6.45) is -4.71. The van der Waals surface area contributed by atoms with Gasteiger partial charge in [0.25, 0.3) is 0 Å². The van der Waals surface area contributed by atoms with Crippen molar-refractivity contribution in [3.8, 4) is 11.5 Å². The highest BCUT2D eigenvalue weighted by atomic mass is 19.4. The van der Waals surface area contributed by atoms with Crippen molar-refractivity contribution >= 4 is 5.69 Å². The number of halogens is 3. The molecule has 4 nitrogen and oxygen atoms in total.